The Labute approximate surface area is 156 Å². The maximum atomic E-state index is 14.0. The van der Waals surface area contributed by atoms with E-state index in [2.05, 4.69) is 20.3 Å². The Morgan fingerprint density at radius 3 is 2.96 bits per heavy atom. The molecule has 0 aliphatic rings. The van der Waals surface area contributed by atoms with Crippen LogP contribution in [0, 0.1) is 5.82 Å². The molecule has 0 radical (unpaired) electrons. The van der Waals surface area contributed by atoms with Crippen molar-refractivity contribution < 1.29 is 9.50 Å². The number of benzene rings is 1. The Morgan fingerprint density at radius 2 is 2.20 bits per heavy atom. The number of anilines is 2. The number of thiazole rings is 1. The van der Waals surface area contributed by atoms with E-state index in [1.165, 1.54) is 29.2 Å². The van der Waals surface area contributed by atoms with Gasteiger partial charge in [0.05, 0.1) is 11.6 Å². The van der Waals surface area contributed by atoms with Crippen molar-refractivity contribution in [2.75, 3.05) is 17.7 Å². The summed E-state index contributed by atoms with van der Waals surface area (Å²) >= 11 is 8.34. The molecule has 0 aliphatic heterocycles. The molecule has 0 aliphatic carbocycles. The summed E-state index contributed by atoms with van der Waals surface area (Å²) < 4.78 is 14.7. The number of halogens is 2. The van der Waals surface area contributed by atoms with Crippen molar-refractivity contribution in [3.8, 4) is 0 Å². The lowest BCUT2D eigenvalue weighted by atomic mass is 10.2. The van der Waals surface area contributed by atoms with Gasteiger partial charge in [-0.2, -0.15) is 0 Å². The molecule has 10 heteroatoms. The fourth-order valence-corrected chi connectivity index (χ4v) is 3.80. The van der Waals surface area contributed by atoms with E-state index in [0.717, 1.165) is 4.70 Å². The molecule has 3 aromatic rings. The molecule has 1 atom stereocenters. The molecule has 25 heavy (non-hydrogen) atoms. The molecule has 0 fully saturated rings. The fourth-order valence-electron chi connectivity index (χ4n) is 2.06. The van der Waals surface area contributed by atoms with Gasteiger partial charge in [0.15, 0.2) is 21.8 Å². The molecule has 1 aromatic carbocycles. The van der Waals surface area contributed by atoms with Crippen LogP contribution in [0.2, 0.25) is 5.02 Å². The number of hydrogen-bond acceptors (Lipinski definition) is 8. The molecule has 2 aromatic heterocycles. The van der Waals surface area contributed by atoms with Crippen LogP contribution in [0.25, 0.3) is 10.3 Å². The minimum absolute atomic E-state index is 0.0457. The minimum Gasteiger partial charge on any atom is -0.394 e. The molecule has 0 bridgehead atoms. The van der Waals surface area contributed by atoms with Gasteiger partial charge in [-0.1, -0.05) is 46.8 Å². The van der Waals surface area contributed by atoms with E-state index in [1.807, 2.05) is 6.92 Å². The summed E-state index contributed by atoms with van der Waals surface area (Å²) in [5.41, 5.74) is 6.71. The predicted molar refractivity (Wildman–Crippen MR) is 101 cm³/mol. The number of rotatable bonds is 6. The highest BCUT2D eigenvalue weighted by atomic mass is 35.5. The zero-order chi connectivity index (χ0) is 18.0. The predicted octanol–water partition coefficient (Wildman–Crippen LogP) is 3.55. The molecule has 6 nitrogen and oxygen atoms in total. The lowest BCUT2D eigenvalue weighted by Gasteiger charge is -2.12. The van der Waals surface area contributed by atoms with Crippen LogP contribution >= 0.6 is 34.7 Å². The number of fused-ring (bicyclic) bond motifs is 1. The number of nitrogens with two attached hydrogens (primary N) is 1. The third-order valence-electron chi connectivity index (χ3n) is 3.30. The summed E-state index contributed by atoms with van der Waals surface area (Å²) in [5, 5.41) is 13.3. The van der Waals surface area contributed by atoms with Gasteiger partial charge in [0.2, 0.25) is 0 Å². The Morgan fingerprint density at radius 1 is 1.40 bits per heavy atom. The third kappa shape index (κ3) is 4.12. The first-order chi connectivity index (χ1) is 12.0. The molecule has 2 heterocycles. The van der Waals surface area contributed by atoms with Gasteiger partial charge in [-0.3, -0.25) is 0 Å². The van der Waals surface area contributed by atoms with Crippen molar-refractivity contribution in [3.63, 3.8) is 0 Å². The van der Waals surface area contributed by atoms with Crippen LogP contribution < -0.4 is 11.1 Å². The van der Waals surface area contributed by atoms with Crippen LogP contribution in [0.5, 0.6) is 0 Å². The normalized spacial score (nSPS) is 12.5. The maximum absolute atomic E-state index is 14.0. The standard InChI is InChI=1S/C15H15ClFN5OS2/c1-7(5-23)19-12-11-13(20-14(18)25-11)22-15(21-12)24-6-8-3-2-4-9(16)10(8)17/h2-4,7,23H,5-6H2,1H3,(H3,18,19,20,21,22)/t7-/m1/s1. The zero-order valence-electron chi connectivity index (χ0n) is 13.2. The fraction of sp³-hybridized carbons (Fsp3) is 0.267. The Bertz CT molecular complexity index is 907. The number of aromatic nitrogens is 3. The van der Waals surface area contributed by atoms with Crippen LogP contribution in [0.1, 0.15) is 12.5 Å². The summed E-state index contributed by atoms with van der Waals surface area (Å²) in [5.74, 6) is 0.435. The first-order valence-corrected chi connectivity index (χ1v) is 9.53. The van der Waals surface area contributed by atoms with Gasteiger partial charge < -0.3 is 16.2 Å². The van der Waals surface area contributed by atoms with Gasteiger partial charge in [0, 0.05) is 11.8 Å². The van der Waals surface area contributed by atoms with E-state index in [9.17, 15) is 9.50 Å². The van der Waals surface area contributed by atoms with Crippen molar-refractivity contribution >= 4 is 56.0 Å². The maximum Gasteiger partial charge on any atom is 0.191 e. The molecule has 3 rings (SSSR count). The lowest BCUT2D eigenvalue weighted by molar-refractivity contribution is 0.281. The number of thioether (sulfide) groups is 1. The quantitative estimate of drug-likeness (QED) is 0.430. The van der Waals surface area contributed by atoms with Crippen molar-refractivity contribution in [3.05, 3.63) is 34.6 Å². The average Bonchev–Trinajstić information content (AvgIpc) is 2.96. The number of hydrogen-bond donors (Lipinski definition) is 3. The van der Waals surface area contributed by atoms with E-state index >= 15 is 0 Å². The van der Waals surface area contributed by atoms with Crippen molar-refractivity contribution in [2.24, 2.45) is 0 Å². The third-order valence-corrected chi connectivity index (χ3v) is 5.36. The van der Waals surface area contributed by atoms with Gasteiger partial charge in [-0.25, -0.2) is 19.3 Å². The highest BCUT2D eigenvalue weighted by Crippen LogP contribution is 2.32. The van der Waals surface area contributed by atoms with Crippen LogP contribution in [-0.4, -0.2) is 32.7 Å². The summed E-state index contributed by atoms with van der Waals surface area (Å²) in [4.78, 5) is 13.0. The number of nitrogen functional groups attached to an aromatic ring is 1. The lowest BCUT2D eigenvalue weighted by Crippen LogP contribution is -2.20. The van der Waals surface area contributed by atoms with Crippen molar-refractivity contribution in [2.45, 2.75) is 23.9 Å². The topological polar surface area (TPSA) is 97.0 Å². The highest BCUT2D eigenvalue weighted by Gasteiger charge is 2.15. The van der Waals surface area contributed by atoms with Crippen LogP contribution in [0.3, 0.4) is 0 Å². The Kier molecular flexibility index (Phi) is 5.57. The van der Waals surface area contributed by atoms with E-state index in [4.69, 9.17) is 17.3 Å². The van der Waals surface area contributed by atoms with Gasteiger partial charge in [-0.05, 0) is 18.6 Å². The second-order valence-electron chi connectivity index (χ2n) is 5.29. The summed E-state index contributed by atoms with van der Waals surface area (Å²) in [6.45, 7) is 1.78. The highest BCUT2D eigenvalue weighted by molar-refractivity contribution is 7.98. The second kappa shape index (κ2) is 7.69. The zero-order valence-corrected chi connectivity index (χ0v) is 15.6. The van der Waals surface area contributed by atoms with Gasteiger partial charge >= 0.3 is 0 Å². The molecule has 0 unspecified atom stereocenters. The molecule has 0 saturated carbocycles. The summed E-state index contributed by atoms with van der Waals surface area (Å²) in [7, 11) is 0. The molecule has 132 valence electrons. The van der Waals surface area contributed by atoms with Gasteiger partial charge in [0.1, 0.15) is 10.5 Å². The Hall–Kier alpha value is -1.68. The minimum atomic E-state index is -0.442. The number of aliphatic hydroxyl groups is 1. The van der Waals surface area contributed by atoms with E-state index in [1.54, 1.807) is 12.1 Å². The first-order valence-electron chi connectivity index (χ1n) is 7.35. The van der Waals surface area contributed by atoms with Crippen molar-refractivity contribution in [1.29, 1.82) is 0 Å². The van der Waals surface area contributed by atoms with Gasteiger partial charge in [-0.15, -0.1) is 0 Å². The Balaban J connectivity index is 1.89. The van der Waals surface area contributed by atoms with Crippen LogP contribution in [-0.2, 0) is 5.75 Å². The number of nitrogens with zero attached hydrogens (tertiary/aromatic N) is 3. The second-order valence-corrected chi connectivity index (χ2v) is 7.67. The smallest absolute Gasteiger partial charge is 0.191 e. The van der Waals surface area contributed by atoms with Gasteiger partial charge in [0.25, 0.3) is 0 Å². The van der Waals surface area contributed by atoms with Crippen molar-refractivity contribution in [1.82, 2.24) is 15.0 Å². The molecule has 0 spiro atoms. The molecule has 0 saturated heterocycles. The largest absolute Gasteiger partial charge is 0.394 e. The SMILES string of the molecule is C[C@H](CO)Nc1nc(SCc2cccc(Cl)c2F)nc2nc(N)sc12. The number of aliphatic hydroxyl groups excluding tert-OH is 1. The summed E-state index contributed by atoms with van der Waals surface area (Å²) in [6.07, 6.45) is 0. The first kappa shape index (κ1) is 18.1. The molecular weight excluding hydrogens is 385 g/mol. The molecule has 4 N–H and O–H groups in total. The molecular formula is C15H15ClFN5OS2. The number of nitrogens with one attached hydrogen (secondary N) is 1. The van der Waals surface area contributed by atoms with Crippen LogP contribution in [0.15, 0.2) is 23.4 Å². The van der Waals surface area contributed by atoms with E-state index in [0.29, 0.717) is 33.1 Å². The average molecular weight is 400 g/mol. The molecule has 0 amide bonds. The van der Waals surface area contributed by atoms with E-state index < -0.39 is 5.82 Å². The monoisotopic (exact) mass is 399 g/mol. The van der Waals surface area contributed by atoms with E-state index in [-0.39, 0.29) is 17.7 Å². The summed E-state index contributed by atoms with van der Waals surface area (Å²) in [6, 6.07) is 4.68. The van der Waals surface area contributed by atoms with Crippen LogP contribution in [0.4, 0.5) is 15.3 Å².